The van der Waals surface area contributed by atoms with E-state index >= 15 is 0 Å². The monoisotopic (exact) mass is 361 g/mol. The lowest BCUT2D eigenvalue weighted by molar-refractivity contribution is -0.146. The maximum absolute atomic E-state index is 12.5. The topological polar surface area (TPSA) is 112 Å². The molecule has 1 aliphatic heterocycles. The van der Waals surface area contributed by atoms with Gasteiger partial charge in [-0.1, -0.05) is 0 Å². The minimum atomic E-state index is -1.23. The van der Waals surface area contributed by atoms with Crippen LogP contribution in [0.15, 0.2) is 24.5 Å². The predicted molar refractivity (Wildman–Crippen MR) is 91.1 cm³/mol. The van der Waals surface area contributed by atoms with Gasteiger partial charge >= 0.3 is 5.97 Å². The molecule has 1 aliphatic rings. The number of ether oxygens (including phenoxy) is 3. The molecule has 0 aliphatic carbocycles. The normalized spacial score (nSPS) is 13.2. The van der Waals surface area contributed by atoms with Crippen LogP contribution in [0.3, 0.4) is 0 Å². The van der Waals surface area contributed by atoms with Crippen molar-refractivity contribution in [3.05, 3.63) is 30.1 Å². The molecule has 2 N–H and O–H groups in total. The summed E-state index contributed by atoms with van der Waals surface area (Å²) in [6.45, 7) is 3.82. The smallest absolute Gasteiger partial charge is 0.331 e. The quantitative estimate of drug-likeness (QED) is 0.834. The van der Waals surface area contributed by atoms with Crippen molar-refractivity contribution in [3.63, 3.8) is 0 Å². The molecule has 1 aromatic carbocycles. The van der Waals surface area contributed by atoms with Gasteiger partial charge < -0.3 is 24.6 Å². The zero-order valence-electron chi connectivity index (χ0n) is 14.6. The molecule has 0 unspecified atom stereocenters. The Morgan fingerprint density at radius 2 is 2.04 bits per heavy atom. The van der Waals surface area contributed by atoms with Crippen LogP contribution in [0.4, 0.5) is 5.69 Å². The highest BCUT2D eigenvalue weighted by molar-refractivity contribution is 6.05. The second-order valence-electron chi connectivity index (χ2n) is 6.19. The van der Waals surface area contributed by atoms with Crippen LogP contribution in [0, 0.1) is 0 Å². The number of carbonyl (C=O) groups excluding carboxylic acids is 1. The lowest BCUT2D eigenvalue weighted by Gasteiger charge is -2.21. The van der Waals surface area contributed by atoms with Crippen molar-refractivity contribution in [2.24, 2.45) is 0 Å². The first kappa shape index (κ1) is 17.6. The van der Waals surface area contributed by atoms with Gasteiger partial charge in [-0.25, -0.2) is 4.79 Å². The van der Waals surface area contributed by atoms with E-state index in [1.54, 1.807) is 12.1 Å². The van der Waals surface area contributed by atoms with Crippen LogP contribution in [-0.4, -0.2) is 47.1 Å². The molecule has 3 rings (SSSR count). The van der Waals surface area contributed by atoms with Gasteiger partial charge in [-0.15, -0.1) is 0 Å². The fourth-order valence-corrected chi connectivity index (χ4v) is 2.40. The van der Waals surface area contributed by atoms with Gasteiger partial charge in [0.2, 0.25) is 5.75 Å². The molecule has 0 radical (unpaired) electrons. The minimum absolute atomic E-state index is 0.316. The molecule has 2 aromatic rings. The van der Waals surface area contributed by atoms with E-state index in [1.807, 2.05) is 0 Å². The minimum Gasteiger partial charge on any atom is -0.493 e. The number of carbonyl (C=O) groups is 2. The van der Waals surface area contributed by atoms with Crippen LogP contribution in [0.1, 0.15) is 24.2 Å². The van der Waals surface area contributed by atoms with Crippen molar-refractivity contribution in [3.8, 4) is 17.2 Å². The van der Waals surface area contributed by atoms with E-state index in [1.165, 1.54) is 38.0 Å². The molecular weight excluding hydrogens is 342 g/mol. The number of hydrogen-bond donors (Lipinski definition) is 2. The third kappa shape index (κ3) is 3.15. The number of carboxylic acid groups (broad SMARTS) is 1. The Hall–Kier alpha value is -3.23. The number of aromatic nitrogens is 2. The van der Waals surface area contributed by atoms with Crippen molar-refractivity contribution in [1.82, 2.24) is 9.78 Å². The third-order valence-corrected chi connectivity index (χ3v) is 4.03. The maximum Gasteiger partial charge on any atom is 0.331 e. The summed E-state index contributed by atoms with van der Waals surface area (Å²) in [6.07, 6.45) is 2.85. The number of rotatable bonds is 5. The van der Waals surface area contributed by atoms with E-state index < -0.39 is 17.4 Å². The molecule has 26 heavy (non-hydrogen) atoms. The van der Waals surface area contributed by atoms with Crippen molar-refractivity contribution in [2.45, 2.75) is 19.4 Å². The van der Waals surface area contributed by atoms with Crippen LogP contribution in [0.25, 0.3) is 0 Å². The van der Waals surface area contributed by atoms with Crippen LogP contribution in [0.5, 0.6) is 17.2 Å². The fourth-order valence-electron chi connectivity index (χ4n) is 2.40. The third-order valence-electron chi connectivity index (χ3n) is 4.03. The average Bonchev–Trinajstić information content (AvgIpc) is 3.09. The maximum atomic E-state index is 12.5. The Bertz CT molecular complexity index is 841. The summed E-state index contributed by atoms with van der Waals surface area (Å²) >= 11 is 0. The summed E-state index contributed by atoms with van der Waals surface area (Å²) < 4.78 is 17.6. The van der Waals surface area contributed by atoms with Crippen LogP contribution in [-0.2, 0) is 10.3 Å². The highest BCUT2D eigenvalue weighted by Gasteiger charge is 2.30. The van der Waals surface area contributed by atoms with Crippen molar-refractivity contribution in [2.75, 3.05) is 25.6 Å². The molecular formula is C17H19N3O6. The molecule has 0 saturated carbocycles. The van der Waals surface area contributed by atoms with Gasteiger partial charge in [0.05, 0.1) is 19.0 Å². The van der Waals surface area contributed by atoms with Crippen molar-refractivity contribution >= 4 is 17.6 Å². The number of anilines is 1. The molecule has 1 amide bonds. The number of amides is 1. The van der Waals surface area contributed by atoms with Gasteiger partial charge in [0.25, 0.3) is 5.91 Å². The Balaban J connectivity index is 1.83. The highest BCUT2D eigenvalue weighted by atomic mass is 16.6. The van der Waals surface area contributed by atoms with Gasteiger partial charge in [0.15, 0.2) is 17.0 Å². The van der Waals surface area contributed by atoms with Crippen LogP contribution >= 0.6 is 0 Å². The summed E-state index contributed by atoms with van der Waals surface area (Å²) in [5.74, 6) is -0.146. The first-order valence-electron chi connectivity index (χ1n) is 7.90. The Morgan fingerprint density at radius 1 is 1.31 bits per heavy atom. The molecule has 0 bridgehead atoms. The molecule has 2 heterocycles. The van der Waals surface area contributed by atoms with Crippen LogP contribution < -0.4 is 19.5 Å². The standard InChI is InChI=1S/C17H19N3O6/c1-17(2,16(22)23)20-9-11(8-18-20)19-15(21)10-6-12(24-3)14-13(7-10)25-4-5-26-14/h6-9H,4-5H2,1-3H3,(H,19,21)(H,22,23). The van der Waals surface area contributed by atoms with Crippen LogP contribution in [0.2, 0.25) is 0 Å². The van der Waals surface area contributed by atoms with Crippen molar-refractivity contribution in [1.29, 1.82) is 0 Å². The number of nitrogens with one attached hydrogen (secondary N) is 1. The SMILES string of the molecule is COc1cc(C(=O)Nc2cnn(C(C)(C)C(=O)O)c2)cc2c1OCCO2. The van der Waals surface area contributed by atoms with E-state index in [0.29, 0.717) is 41.7 Å². The van der Waals surface area contributed by atoms with E-state index in [9.17, 15) is 14.7 Å². The largest absolute Gasteiger partial charge is 0.493 e. The molecule has 0 atom stereocenters. The molecule has 9 heteroatoms. The van der Waals surface area contributed by atoms with Gasteiger partial charge in [-0.05, 0) is 26.0 Å². The number of aliphatic carboxylic acids is 1. The second kappa shape index (κ2) is 6.58. The number of nitrogens with zero attached hydrogens (tertiary/aromatic N) is 2. The first-order chi connectivity index (χ1) is 12.3. The average molecular weight is 361 g/mol. The zero-order chi connectivity index (χ0) is 18.9. The Morgan fingerprint density at radius 3 is 2.73 bits per heavy atom. The number of methoxy groups -OCH3 is 1. The molecule has 0 saturated heterocycles. The predicted octanol–water partition coefficient (Wildman–Crippen LogP) is 1.73. The summed E-state index contributed by atoms with van der Waals surface area (Å²) in [4.78, 5) is 23.8. The van der Waals surface area contributed by atoms with Gasteiger partial charge in [0, 0.05) is 11.8 Å². The number of fused-ring (bicyclic) bond motifs is 1. The Kier molecular flexibility index (Phi) is 4.45. The van der Waals surface area contributed by atoms with Gasteiger partial charge in [-0.3, -0.25) is 9.48 Å². The summed E-state index contributed by atoms with van der Waals surface area (Å²) in [5.41, 5.74) is -0.544. The summed E-state index contributed by atoms with van der Waals surface area (Å²) in [5, 5.41) is 15.9. The van der Waals surface area contributed by atoms with Crippen molar-refractivity contribution < 1.29 is 28.9 Å². The summed E-state index contributed by atoms with van der Waals surface area (Å²) in [7, 11) is 1.48. The van der Waals surface area contributed by atoms with E-state index in [4.69, 9.17) is 14.2 Å². The molecule has 0 spiro atoms. The van der Waals surface area contributed by atoms with E-state index in [-0.39, 0.29) is 0 Å². The number of hydrogen-bond acceptors (Lipinski definition) is 6. The number of carboxylic acids is 1. The first-order valence-corrected chi connectivity index (χ1v) is 7.90. The highest BCUT2D eigenvalue weighted by Crippen LogP contribution is 2.40. The lowest BCUT2D eigenvalue weighted by Crippen LogP contribution is -2.35. The van der Waals surface area contributed by atoms with E-state index in [0.717, 1.165) is 0 Å². The molecule has 138 valence electrons. The molecule has 9 nitrogen and oxygen atoms in total. The zero-order valence-corrected chi connectivity index (χ0v) is 14.6. The molecule has 0 fully saturated rings. The van der Waals surface area contributed by atoms with Gasteiger partial charge in [0.1, 0.15) is 13.2 Å². The fraction of sp³-hybridized carbons (Fsp3) is 0.353. The van der Waals surface area contributed by atoms with E-state index in [2.05, 4.69) is 10.4 Å². The molecule has 1 aromatic heterocycles. The van der Waals surface area contributed by atoms with Gasteiger partial charge in [-0.2, -0.15) is 5.10 Å². The Labute approximate surface area is 149 Å². The lowest BCUT2D eigenvalue weighted by atomic mass is 10.1. The summed E-state index contributed by atoms with van der Waals surface area (Å²) in [6, 6.07) is 3.12. The second-order valence-corrected chi connectivity index (χ2v) is 6.19. The number of benzene rings is 1.